The van der Waals surface area contributed by atoms with E-state index in [1.807, 2.05) is 6.07 Å². The van der Waals surface area contributed by atoms with Gasteiger partial charge in [-0.3, -0.25) is 0 Å². The molecule has 1 aromatic rings. The molecule has 0 fully saturated rings. The third-order valence-electron chi connectivity index (χ3n) is 1.92. The molecule has 0 heterocycles. The van der Waals surface area contributed by atoms with Crippen molar-refractivity contribution in [2.45, 2.75) is 19.1 Å². The Labute approximate surface area is 77.4 Å². The van der Waals surface area contributed by atoms with Gasteiger partial charge < -0.3 is 10.8 Å². The summed E-state index contributed by atoms with van der Waals surface area (Å²) in [7, 11) is 0. The zero-order valence-electron chi connectivity index (χ0n) is 7.44. The van der Waals surface area contributed by atoms with E-state index < -0.39 is 12.1 Å². The Morgan fingerprint density at radius 2 is 2.23 bits per heavy atom. The van der Waals surface area contributed by atoms with Gasteiger partial charge in [0.15, 0.2) is 0 Å². The van der Waals surface area contributed by atoms with Crippen LogP contribution in [0.5, 0.6) is 0 Å². The van der Waals surface area contributed by atoms with E-state index in [-0.39, 0.29) is 0 Å². The van der Waals surface area contributed by atoms with E-state index in [9.17, 15) is 5.11 Å². The molecule has 13 heavy (non-hydrogen) atoms. The lowest BCUT2D eigenvalue weighted by molar-refractivity contribution is 0.164. The fraction of sp³-hybridized carbons (Fsp3) is 0.300. The number of nitriles is 1. The molecule has 0 aliphatic rings. The Morgan fingerprint density at radius 3 is 2.77 bits per heavy atom. The molecular formula is C10H12N2O. The Balaban J connectivity index is 2.96. The van der Waals surface area contributed by atoms with Gasteiger partial charge >= 0.3 is 0 Å². The van der Waals surface area contributed by atoms with Crippen LogP contribution in [-0.4, -0.2) is 11.2 Å². The van der Waals surface area contributed by atoms with Crippen molar-refractivity contribution in [3.05, 3.63) is 35.4 Å². The zero-order valence-corrected chi connectivity index (χ0v) is 7.44. The average molecular weight is 176 g/mol. The van der Waals surface area contributed by atoms with Crippen molar-refractivity contribution < 1.29 is 5.11 Å². The van der Waals surface area contributed by atoms with Gasteiger partial charge in [-0.05, 0) is 24.6 Å². The first-order chi connectivity index (χ1) is 6.15. The van der Waals surface area contributed by atoms with Crippen LogP contribution >= 0.6 is 0 Å². The quantitative estimate of drug-likeness (QED) is 0.704. The lowest BCUT2D eigenvalue weighted by Gasteiger charge is -2.14. The van der Waals surface area contributed by atoms with Gasteiger partial charge in [0.1, 0.15) is 0 Å². The molecule has 1 rings (SSSR count). The molecule has 0 spiro atoms. The summed E-state index contributed by atoms with van der Waals surface area (Å²) in [5.74, 6) is 0. The van der Waals surface area contributed by atoms with Crippen molar-refractivity contribution in [1.29, 1.82) is 5.26 Å². The largest absolute Gasteiger partial charge is 0.391 e. The predicted molar refractivity (Wildman–Crippen MR) is 49.8 cm³/mol. The smallest absolute Gasteiger partial charge is 0.0991 e. The fourth-order valence-corrected chi connectivity index (χ4v) is 1.09. The first-order valence-corrected chi connectivity index (χ1v) is 4.09. The molecule has 3 heteroatoms. The highest BCUT2D eigenvalue weighted by Gasteiger charge is 2.11. The molecule has 0 saturated carbocycles. The van der Waals surface area contributed by atoms with Crippen molar-refractivity contribution in [2.24, 2.45) is 5.73 Å². The maximum absolute atomic E-state index is 9.23. The van der Waals surface area contributed by atoms with E-state index in [1.165, 1.54) is 0 Å². The maximum atomic E-state index is 9.23. The number of nitrogens with two attached hydrogens (primary N) is 1. The lowest BCUT2D eigenvalue weighted by Crippen LogP contribution is -2.23. The van der Waals surface area contributed by atoms with E-state index in [4.69, 9.17) is 11.0 Å². The van der Waals surface area contributed by atoms with Gasteiger partial charge in [-0.25, -0.2) is 0 Å². The molecule has 0 saturated heterocycles. The fourth-order valence-electron chi connectivity index (χ4n) is 1.09. The monoisotopic (exact) mass is 176 g/mol. The summed E-state index contributed by atoms with van der Waals surface area (Å²) in [6.45, 7) is 1.63. The summed E-state index contributed by atoms with van der Waals surface area (Å²) in [5, 5.41) is 17.9. The molecule has 0 aliphatic heterocycles. The molecule has 2 atom stereocenters. The number of hydrogen-bond acceptors (Lipinski definition) is 3. The highest BCUT2D eigenvalue weighted by atomic mass is 16.3. The Hall–Kier alpha value is -1.37. The normalized spacial score (nSPS) is 14.6. The number of rotatable bonds is 2. The van der Waals surface area contributed by atoms with E-state index in [0.717, 1.165) is 5.56 Å². The van der Waals surface area contributed by atoms with E-state index in [2.05, 4.69) is 0 Å². The second kappa shape index (κ2) is 4.04. The molecule has 0 aliphatic carbocycles. The maximum Gasteiger partial charge on any atom is 0.0991 e. The first-order valence-electron chi connectivity index (χ1n) is 4.09. The number of aliphatic hydroxyl groups is 1. The van der Waals surface area contributed by atoms with Crippen LogP contribution in [-0.2, 0) is 0 Å². The highest BCUT2D eigenvalue weighted by Crippen LogP contribution is 2.14. The molecular weight excluding hydrogens is 164 g/mol. The standard InChI is InChI=1S/C10H12N2O/c1-7(13)10(12)9-4-2-3-8(5-9)6-11/h2-5,7,10,13H,12H2,1H3/t7-,10+/m0/s1. The van der Waals surface area contributed by atoms with E-state index in [0.29, 0.717) is 5.56 Å². The van der Waals surface area contributed by atoms with Crippen LogP contribution in [0.4, 0.5) is 0 Å². The molecule has 0 radical (unpaired) electrons. The van der Waals surface area contributed by atoms with Gasteiger partial charge in [-0.1, -0.05) is 12.1 Å². The second-order valence-corrected chi connectivity index (χ2v) is 3.00. The van der Waals surface area contributed by atoms with Gasteiger partial charge in [0.2, 0.25) is 0 Å². The Morgan fingerprint density at radius 1 is 1.54 bits per heavy atom. The van der Waals surface area contributed by atoms with Gasteiger partial charge in [-0.2, -0.15) is 5.26 Å². The Bertz CT molecular complexity index is 328. The molecule has 3 N–H and O–H groups in total. The van der Waals surface area contributed by atoms with Gasteiger partial charge in [-0.15, -0.1) is 0 Å². The molecule has 0 unspecified atom stereocenters. The lowest BCUT2D eigenvalue weighted by atomic mass is 10.0. The van der Waals surface area contributed by atoms with Crippen LogP contribution in [0.15, 0.2) is 24.3 Å². The molecule has 3 nitrogen and oxygen atoms in total. The van der Waals surface area contributed by atoms with Crippen LogP contribution in [0.25, 0.3) is 0 Å². The van der Waals surface area contributed by atoms with Crippen molar-refractivity contribution >= 4 is 0 Å². The minimum absolute atomic E-state index is 0.423. The summed E-state index contributed by atoms with van der Waals surface area (Å²) >= 11 is 0. The van der Waals surface area contributed by atoms with Crippen molar-refractivity contribution in [3.8, 4) is 6.07 Å². The number of benzene rings is 1. The number of hydrogen-bond donors (Lipinski definition) is 2. The van der Waals surface area contributed by atoms with Crippen molar-refractivity contribution in [2.75, 3.05) is 0 Å². The molecule has 1 aromatic carbocycles. The highest BCUT2D eigenvalue weighted by molar-refractivity contribution is 5.34. The summed E-state index contributed by atoms with van der Waals surface area (Å²) in [5.41, 5.74) is 7.05. The van der Waals surface area contributed by atoms with Gasteiger partial charge in [0, 0.05) is 0 Å². The van der Waals surface area contributed by atoms with Crippen LogP contribution in [0.3, 0.4) is 0 Å². The summed E-state index contributed by atoms with van der Waals surface area (Å²) in [6, 6.07) is 8.56. The summed E-state index contributed by atoms with van der Waals surface area (Å²) in [4.78, 5) is 0. The first kappa shape index (κ1) is 9.72. The summed E-state index contributed by atoms with van der Waals surface area (Å²) in [6.07, 6.45) is -0.603. The minimum Gasteiger partial charge on any atom is -0.391 e. The topological polar surface area (TPSA) is 70.0 Å². The Kier molecular flexibility index (Phi) is 3.02. The zero-order chi connectivity index (χ0) is 9.84. The van der Waals surface area contributed by atoms with Crippen LogP contribution in [0.1, 0.15) is 24.1 Å². The average Bonchev–Trinajstić information content (AvgIpc) is 2.16. The second-order valence-electron chi connectivity index (χ2n) is 3.00. The van der Waals surface area contributed by atoms with Gasteiger partial charge in [0.05, 0.1) is 23.8 Å². The molecule has 0 aromatic heterocycles. The van der Waals surface area contributed by atoms with E-state index >= 15 is 0 Å². The number of nitrogens with zero attached hydrogens (tertiary/aromatic N) is 1. The van der Waals surface area contributed by atoms with E-state index in [1.54, 1.807) is 31.2 Å². The predicted octanol–water partition coefficient (Wildman–Crippen LogP) is 0.939. The van der Waals surface area contributed by atoms with Gasteiger partial charge in [0.25, 0.3) is 0 Å². The minimum atomic E-state index is -0.603. The summed E-state index contributed by atoms with van der Waals surface area (Å²) < 4.78 is 0. The molecule has 0 amide bonds. The molecule has 68 valence electrons. The third kappa shape index (κ3) is 2.28. The van der Waals surface area contributed by atoms with Crippen LogP contribution in [0.2, 0.25) is 0 Å². The third-order valence-corrected chi connectivity index (χ3v) is 1.92. The van der Waals surface area contributed by atoms with Crippen LogP contribution < -0.4 is 5.73 Å². The SMILES string of the molecule is C[C@H](O)[C@@H](N)c1cccc(C#N)c1. The van der Waals surface area contributed by atoms with Crippen molar-refractivity contribution in [3.63, 3.8) is 0 Å². The van der Waals surface area contributed by atoms with Crippen LogP contribution in [0, 0.1) is 11.3 Å². The molecule has 0 bridgehead atoms. The number of aliphatic hydroxyl groups excluding tert-OH is 1. The van der Waals surface area contributed by atoms with Crippen molar-refractivity contribution in [1.82, 2.24) is 0 Å².